The topological polar surface area (TPSA) is 73.4 Å². The molecule has 0 unspecified atom stereocenters. The van der Waals surface area contributed by atoms with Crippen LogP contribution in [0.4, 0.5) is 10.1 Å². The Balaban J connectivity index is 1.65. The number of rotatable bonds is 2. The fourth-order valence-electron chi connectivity index (χ4n) is 2.42. The second-order valence-corrected chi connectivity index (χ2v) is 6.12. The number of aryl methyl sites for hydroxylation is 1. The molecule has 0 spiro atoms. The van der Waals surface area contributed by atoms with Crippen molar-refractivity contribution in [3.8, 4) is 5.75 Å². The number of benzene rings is 3. The van der Waals surface area contributed by atoms with Gasteiger partial charge < -0.3 is 10.4 Å². The maximum Gasteiger partial charge on any atom is 0.273 e. The first-order valence-corrected chi connectivity index (χ1v) is 8.20. The zero-order valence-corrected chi connectivity index (χ0v) is 14.7. The molecule has 7 heteroatoms. The highest BCUT2D eigenvalue weighted by Crippen LogP contribution is 2.24. The number of carbonyl (C=O) groups excluding carboxylic acids is 1. The Hall–Kier alpha value is -3.19. The number of carbonyl (C=O) groups is 1. The number of halogens is 1. The standard InChI is InChI=1S/C19H16FN3O2S/c1-11-6-7-14(10-16(11)20)21-19(26)23-22-18(25)15-8-12-4-2-3-5-13(12)9-17(15)24/h2-10,24H,1H3,(H,22,25)(H2,21,23,26). The molecule has 0 aliphatic heterocycles. The van der Waals surface area contributed by atoms with Crippen LogP contribution in [0.2, 0.25) is 0 Å². The molecule has 0 aliphatic carbocycles. The van der Waals surface area contributed by atoms with Crippen LogP contribution in [-0.2, 0) is 0 Å². The summed E-state index contributed by atoms with van der Waals surface area (Å²) in [4.78, 5) is 12.3. The molecular weight excluding hydrogens is 353 g/mol. The summed E-state index contributed by atoms with van der Waals surface area (Å²) in [5.41, 5.74) is 6.02. The number of phenols is 1. The maximum absolute atomic E-state index is 13.5. The van der Waals surface area contributed by atoms with Gasteiger partial charge >= 0.3 is 0 Å². The van der Waals surface area contributed by atoms with Gasteiger partial charge in [-0.2, -0.15) is 0 Å². The average molecular weight is 369 g/mol. The lowest BCUT2D eigenvalue weighted by Crippen LogP contribution is -2.43. The summed E-state index contributed by atoms with van der Waals surface area (Å²) in [5, 5.41) is 14.6. The van der Waals surface area contributed by atoms with Crippen LogP contribution in [0.15, 0.2) is 54.6 Å². The number of thiocarbonyl (C=S) groups is 1. The van der Waals surface area contributed by atoms with Crippen molar-refractivity contribution in [2.45, 2.75) is 6.92 Å². The van der Waals surface area contributed by atoms with Crippen LogP contribution < -0.4 is 16.2 Å². The van der Waals surface area contributed by atoms with Crippen molar-refractivity contribution >= 4 is 39.7 Å². The summed E-state index contributed by atoms with van der Waals surface area (Å²) in [6.07, 6.45) is 0. The number of amides is 1. The number of hydrazine groups is 1. The lowest BCUT2D eigenvalue weighted by Gasteiger charge is -2.13. The first kappa shape index (κ1) is 17.6. The van der Waals surface area contributed by atoms with Gasteiger partial charge in [0.25, 0.3) is 5.91 Å². The average Bonchev–Trinajstić information content (AvgIpc) is 2.62. The van der Waals surface area contributed by atoms with Crippen LogP contribution in [0.5, 0.6) is 5.75 Å². The van der Waals surface area contributed by atoms with Crippen molar-refractivity contribution in [3.63, 3.8) is 0 Å². The first-order valence-electron chi connectivity index (χ1n) is 7.79. The smallest absolute Gasteiger partial charge is 0.273 e. The molecule has 3 rings (SSSR count). The van der Waals surface area contributed by atoms with Gasteiger partial charge in [-0.15, -0.1) is 0 Å². The highest BCUT2D eigenvalue weighted by Gasteiger charge is 2.12. The third-order valence-corrected chi connectivity index (χ3v) is 4.03. The normalized spacial score (nSPS) is 10.4. The molecule has 26 heavy (non-hydrogen) atoms. The number of nitrogens with one attached hydrogen (secondary N) is 3. The third-order valence-electron chi connectivity index (χ3n) is 3.83. The van der Waals surface area contributed by atoms with Crippen LogP contribution in [0.25, 0.3) is 10.8 Å². The van der Waals surface area contributed by atoms with Gasteiger partial charge in [-0.1, -0.05) is 30.3 Å². The van der Waals surface area contributed by atoms with Gasteiger partial charge in [0.2, 0.25) is 0 Å². The van der Waals surface area contributed by atoms with Crippen molar-refractivity contribution in [2.75, 3.05) is 5.32 Å². The summed E-state index contributed by atoms with van der Waals surface area (Å²) in [6.45, 7) is 1.66. The second-order valence-electron chi connectivity index (χ2n) is 5.71. The Kier molecular flexibility index (Phi) is 4.99. The van der Waals surface area contributed by atoms with E-state index in [0.717, 1.165) is 10.8 Å². The molecule has 0 heterocycles. The zero-order chi connectivity index (χ0) is 18.7. The van der Waals surface area contributed by atoms with Gasteiger partial charge in [-0.3, -0.25) is 15.6 Å². The van der Waals surface area contributed by atoms with Gasteiger partial charge in [-0.05, 0) is 59.7 Å². The highest BCUT2D eigenvalue weighted by molar-refractivity contribution is 7.80. The van der Waals surface area contributed by atoms with E-state index in [4.69, 9.17) is 12.2 Å². The molecule has 4 N–H and O–H groups in total. The van der Waals surface area contributed by atoms with Gasteiger partial charge in [0.05, 0.1) is 5.56 Å². The predicted molar refractivity (Wildman–Crippen MR) is 104 cm³/mol. The van der Waals surface area contributed by atoms with E-state index in [0.29, 0.717) is 11.3 Å². The molecule has 3 aromatic carbocycles. The van der Waals surface area contributed by atoms with Crippen molar-refractivity contribution in [3.05, 3.63) is 71.5 Å². The van der Waals surface area contributed by atoms with E-state index in [2.05, 4.69) is 16.2 Å². The molecule has 0 fully saturated rings. The summed E-state index contributed by atoms with van der Waals surface area (Å²) in [5.74, 6) is -1.04. The van der Waals surface area contributed by atoms with Crippen molar-refractivity contribution in [1.82, 2.24) is 10.9 Å². The Morgan fingerprint density at radius 2 is 1.73 bits per heavy atom. The van der Waals surface area contributed by atoms with Gasteiger partial charge in [-0.25, -0.2) is 4.39 Å². The van der Waals surface area contributed by atoms with E-state index < -0.39 is 5.91 Å². The van der Waals surface area contributed by atoms with Crippen molar-refractivity contribution in [2.24, 2.45) is 0 Å². The number of phenolic OH excluding ortho intramolecular Hbond substituents is 1. The quantitative estimate of drug-likeness (QED) is 0.410. The number of aromatic hydroxyl groups is 1. The van der Waals surface area contributed by atoms with E-state index in [1.807, 2.05) is 24.3 Å². The molecule has 132 valence electrons. The summed E-state index contributed by atoms with van der Waals surface area (Å²) < 4.78 is 13.5. The summed E-state index contributed by atoms with van der Waals surface area (Å²) >= 11 is 5.07. The molecule has 0 saturated carbocycles. The predicted octanol–water partition coefficient (Wildman–Crippen LogP) is 3.62. The fourth-order valence-corrected chi connectivity index (χ4v) is 2.59. The number of hydrogen-bond donors (Lipinski definition) is 4. The second kappa shape index (κ2) is 7.37. The largest absolute Gasteiger partial charge is 0.507 e. The Morgan fingerprint density at radius 3 is 2.42 bits per heavy atom. The van der Waals surface area contributed by atoms with Gasteiger partial charge in [0.1, 0.15) is 11.6 Å². The molecule has 0 saturated heterocycles. The first-order chi connectivity index (χ1) is 12.4. The third kappa shape index (κ3) is 3.89. The van der Waals surface area contributed by atoms with E-state index in [1.165, 1.54) is 12.1 Å². The minimum Gasteiger partial charge on any atom is -0.507 e. The summed E-state index contributed by atoms with van der Waals surface area (Å²) in [6, 6.07) is 15.1. The summed E-state index contributed by atoms with van der Waals surface area (Å²) in [7, 11) is 0. The lowest BCUT2D eigenvalue weighted by molar-refractivity contribution is 0.0941. The molecular formula is C19H16FN3O2S. The van der Waals surface area contributed by atoms with Gasteiger partial charge in [0, 0.05) is 5.69 Å². The Morgan fingerprint density at radius 1 is 1.04 bits per heavy atom. The van der Waals surface area contributed by atoms with E-state index in [1.54, 1.807) is 25.1 Å². The Bertz CT molecular complexity index is 1010. The number of hydrogen-bond acceptors (Lipinski definition) is 3. The van der Waals surface area contributed by atoms with Crippen LogP contribution in [0.3, 0.4) is 0 Å². The molecule has 3 aromatic rings. The SMILES string of the molecule is Cc1ccc(NC(=S)NNC(=O)c2cc3ccccc3cc2O)cc1F. The minimum absolute atomic E-state index is 0.0851. The van der Waals surface area contributed by atoms with Crippen molar-refractivity contribution < 1.29 is 14.3 Å². The number of fused-ring (bicyclic) bond motifs is 1. The molecule has 0 atom stereocenters. The molecule has 0 radical (unpaired) electrons. The molecule has 0 aromatic heterocycles. The van der Waals surface area contributed by atoms with E-state index in [9.17, 15) is 14.3 Å². The van der Waals surface area contributed by atoms with Crippen LogP contribution >= 0.6 is 12.2 Å². The maximum atomic E-state index is 13.5. The molecule has 0 bridgehead atoms. The van der Waals surface area contributed by atoms with Crippen molar-refractivity contribution in [1.29, 1.82) is 0 Å². The van der Waals surface area contributed by atoms with E-state index in [-0.39, 0.29) is 22.2 Å². The molecule has 1 amide bonds. The number of anilines is 1. The zero-order valence-electron chi connectivity index (χ0n) is 13.8. The van der Waals surface area contributed by atoms with E-state index >= 15 is 0 Å². The van der Waals surface area contributed by atoms with Crippen LogP contribution in [-0.4, -0.2) is 16.1 Å². The van der Waals surface area contributed by atoms with Crippen LogP contribution in [0.1, 0.15) is 15.9 Å². The molecule has 0 aliphatic rings. The fraction of sp³-hybridized carbons (Fsp3) is 0.0526. The highest BCUT2D eigenvalue weighted by atomic mass is 32.1. The Labute approximate surface area is 154 Å². The van der Waals surface area contributed by atoms with Crippen LogP contribution in [0, 0.1) is 12.7 Å². The molecule has 5 nitrogen and oxygen atoms in total. The minimum atomic E-state index is -0.549. The monoisotopic (exact) mass is 369 g/mol. The lowest BCUT2D eigenvalue weighted by atomic mass is 10.1. The van der Waals surface area contributed by atoms with Gasteiger partial charge in [0.15, 0.2) is 5.11 Å².